The van der Waals surface area contributed by atoms with Crippen LogP contribution in [0.5, 0.6) is 0 Å². The van der Waals surface area contributed by atoms with Gasteiger partial charge < -0.3 is 30.3 Å². The van der Waals surface area contributed by atoms with E-state index in [4.69, 9.17) is 9.47 Å². The van der Waals surface area contributed by atoms with Crippen LogP contribution in [-0.2, 0) is 37.3 Å². The molecule has 0 spiro atoms. The third-order valence-electron chi connectivity index (χ3n) is 19.4. The van der Waals surface area contributed by atoms with Gasteiger partial charge in [0.05, 0.1) is 0 Å². The maximum absolute atomic E-state index is 13.3. The van der Waals surface area contributed by atoms with E-state index < -0.39 is 0 Å². The van der Waals surface area contributed by atoms with Crippen molar-refractivity contribution in [2.75, 3.05) is 26.4 Å². The monoisotopic (exact) mass is 1100 g/mol. The number of benzene rings is 3. The molecule has 0 atom stereocenters. The van der Waals surface area contributed by atoms with Crippen molar-refractivity contribution in [1.29, 1.82) is 0 Å². The van der Waals surface area contributed by atoms with E-state index in [2.05, 4.69) is 98.7 Å². The molecule has 0 unspecified atom stereocenters. The van der Waals surface area contributed by atoms with Gasteiger partial charge in [-0.05, 0) is 307 Å². The first-order chi connectivity index (χ1) is 34.9. The summed E-state index contributed by atoms with van der Waals surface area (Å²) in [7, 11) is 0. The molecule has 12 fully saturated rings. The summed E-state index contributed by atoms with van der Waals surface area (Å²) in [4.78, 5) is 0. The van der Waals surface area contributed by atoms with E-state index in [1.807, 2.05) is 27.7 Å². The molecule has 12 aliphatic rings. The summed E-state index contributed by atoms with van der Waals surface area (Å²) in [5.41, 5.74) is 17.7. The third kappa shape index (κ3) is 13.7. The van der Waals surface area contributed by atoms with Crippen LogP contribution in [-0.4, -0.2) is 26.4 Å². The minimum Gasteiger partial charge on any atom is -2.00 e. The number of hydrogen-bond donors (Lipinski definition) is 0. The molecule has 12 saturated carbocycles. The zero-order chi connectivity index (χ0) is 52.4. The topological polar surface area (TPSA) is 116 Å². The molecular weight excluding hydrogens is 1010 g/mol. The predicted molar refractivity (Wildman–Crippen MR) is 299 cm³/mol. The molecule has 0 saturated heterocycles. The van der Waals surface area contributed by atoms with Crippen molar-refractivity contribution in [3.63, 3.8) is 0 Å². The SMILES string of the molecule is CCOCC.CCOCC.Cc1cc(C)c(C([O-])=C2C3CC4CC(C3)CC2C4)c(C)c1.Cc1cc(C)c(C([O-])=C2C3CC4CC(C3)CC2C4)c(C)c1.Cc1cc(C)c(C([O-])=C2C3CC4CC(C3)CC2C4)c(C)c1.[Nb+5].[O-2]. The first-order valence-corrected chi connectivity index (χ1v) is 29.5. The molecular formula is C68H95NbO6. The van der Waals surface area contributed by atoms with Crippen LogP contribution in [0, 0.1) is 133 Å². The Hall–Kier alpha value is -3.10. The van der Waals surface area contributed by atoms with Crippen LogP contribution in [0.2, 0.25) is 0 Å². The van der Waals surface area contributed by atoms with Crippen molar-refractivity contribution in [2.24, 2.45) is 71.0 Å². The number of allylic oxidation sites excluding steroid dienone is 3. The smallest absolute Gasteiger partial charge is 2.00 e. The Balaban J connectivity index is 0.000000165. The summed E-state index contributed by atoms with van der Waals surface area (Å²) in [5.74, 6) is 10.3. The number of ether oxygens (including phenoxy) is 2. The molecule has 0 N–H and O–H groups in total. The van der Waals surface area contributed by atoms with Crippen LogP contribution in [0.3, 0.4) is 0 Å². The van der Waals surface area contributed by atoms with E-state index in [0.29, 0.717) is 52.8 Å². The van der Waals surface area contributed by atoms with Crippen molar-refractivity contribution in [3.8, 4) is 0 Å². The zero-order valence-electron chi connectivity index (χ0n) is 48.7. The van der Waals surface area contributed by atoms with Crippen molar-refractivity contribution >= 4 is 17.3 Å². The largest absolute Gasteiger partial charge is 5.00 e. The van der Waals surface area contributed by atoms with E-state index >= 15 is 0 Å². The molecule has 12 bridgehead atoms. The first-order valence-electron chi connectivity index (χ1n) is 29.5. The molecule has 7 heteroatoms. The van der Waals surface area contributed by atoms with E-state index in [1.165, 1.54) is 163 Å². The van der Waals surface area contributed by atoms with Crippen molar-refractivity contribution in [2.45, 2.75) is 186 Å². The molecule has 0 aromatic heterocycles. The van der Waals surface area contributed by atoms with Crippen molar-refractivity contribution in [1.82, 2.24) is 0 Å². The molecule has 3 aromatic carbocycles. The molecule has 0 amide bonds. The fourth-order valence-corrected chi connectivity index (χ4v) is 17.6. The van der Waals surface area contributed by atoms with Crippen LogP contribution < -0.4 is 15.3 Å². The molecule has 3 aromatic rings. The van der Waals surface area contributed by atoms with Gasteiger partial charge in [-0.2, -0.15) is 0 Å². The average Bonchev–Trinajstić information content (AvgIpc) is 3.28. The summed E-state index contributed by atoms with van der Waals surface area (Å²) in [6, 6.07) is 13.0. The Kier molecular flexibility index (Phi) is 21.8. The second-order valence-electron chi connectivity index (χ2n) is 25.2. The Morgan fingerprint density at radius 1 is 0.333 bits per heavy atom. The molecule has 6 nitrogen and oxygen atoms in total. The fraction of sp³-hybridized carbons (Fsp3) is 0.647. The summed E-state index contributed by atoms with van der Waals surface area (Å²) in [6.07, 6.45) is 19.8. The maximum Gasteiger partial charge on any atom is 5.00 e. The Morgan fingerprint density at radius 2 is 0.493 bits per heavy atom. The molecule has 15 rings (SSSR count). The summed E-state index contributed by atoms with van der Waals surface area (Å²) in [5, 5.41) is 39.8. The van der Waals surface area contributed by atoms with Crippen LogP contribution in [0.25, 0.3) is 17.3 Å². The van der Waals surface area contributed by atoms with Crippen LogP contribution in [0.15, 0.2) is 53.1 Å². The Morgan fingerprint density at radius 3 is 0.627 bits per heavy atom. The number of aryl methyl sites for hydroxylation is 9. The van der Waals surface area contributed by atoms with Crippen molar-refractivity contribution in [3.05, 3.63) is 120 Å². The normalized spacial score (nSPS) is 29.3. The minimum absolute atomic E-state index is 0. The first kappa shape index (κ1) is 61.1. The molecule has 75 heavy (non-hydrogen) atoms. The van der Waals surface area contributed by atoms with Gasteiger partial charge in [-0.15, -0.1) is 17.3 Å². The van der Waals surface area contributed by atoms with Gasteiger partial charge in [0.1, 0.15) is 0 Å². The number of hydrogen-bond acceptors (Lipinski definition) is 5. The van der Waals surface area contributed by atoms with Crippen LogP contribution >= 0.6 is 0 Å². The van der Waals surface area contributed by atoms with Gasteiger partial charge in [0, 0.05) is 26.4 Å². The van der Waals surface area contributed by atoms with Gasteiger partial charge in [-0.3, -0.25) is 0 Å². The molecule has 408 valence electrons. The van der Waals surface area contributed by atoms with E-state index in [-0.39, 0.29) is 27.9 Å². The van der Waals surface area contributed by atoms with Gasteiger partial charge in [0.2, 0.25) is 0 Å². The average molecular weight is 1100 g/mol. The summed E-state index contributed by atoms with van der Waals surface area (Å²) >= 11 is 0. The summed E-state index contributed by atoms with van der Waals surface area (Å²) in [6.45, 7) is 30.3. The number of rotatable bonds is 7. The van der Waals surface area contributed by atoms with Gasteiger partial charge in [0.25, 0.3) is 0 Å². The zero-order valence-corrected chi connectivity index (χ0v) is 50.9. The van der Waals surface area contributed by atoms with Gasteiger partial charge in [0.15, 0.2) is 0 Å². The molecule has 0 radical (unpaired) electrons. The molecule has 0 aliphatic heterocycles. The fourth-order valence-electron chi connectivity index (χ4n) is 17.6. The standard InChI is InChI=1S/3C20H26O.2C4H10O.Nb.O/c3*1-11-4-12(2)18(13(3)5-11)20(21)19-16-7-14-6-15(9-16)10-17(19)8-14;2*1-3-5-4-2;;/h3*4-5,14-17,21H,6-10H2,1-3H3;2*3-4H2,1-2H3;;/q;;;;;+5;-2/p-3. The third-order valence-corrected chi connectivity index (χ3v) is 19.4. The maximum atomic E-state index is 13.3. The molecule has 0 heterocycles. The minimum atomic E-state index is 0. The van der Waals surface area contributed by atoms with Crippen LogP contribution in [0.4, 0.5) is 0 Å². The second kappa shape index (κ2) is 26.7. The van der Waals surface area contributed by atoms with Gasteiger partial charge in [-0.25, -0.2) is 0 Å². The molecule has 12 aliphatic carbocycles. The Bertz CT molecular complexity index is 2090. The van der Waals surface area contributed by atoms with Crippen LogP contribution in [0.1, 0.15) is 191 Å². The summed E-state index contributed by atoms with van der Waals surface area (Å²) < 4.78 is 9.67. The van der Waals surface area contributed by atoms with E-state index in [1.54, 1.807) is 0 Å². The van der Waals surface area contributed by atoms with Crippen molar-refractivity contribution < 1.29 is 52.6 Å². The van der Waals surface area contributed by atoms with E-state index in [9.17, 15) is 15.3 Å². The van der Waals surface area contributed by atoms with Gasteiger partial charge >= 0.3 is 22.4 Å². The van der Waals surface area contributed by atoms with E-state index in [0.717, 1.165) is 78.6 Å². The quantitative estimate of drug-likeness (QED) is 0.173. The Labute approximate surface area is 470 Å². The van der Waals surface area contributed by atoms with Gasteiger partial charge in [-0.1, -0.05) is 69.8 Å². The predicted octanol–water partition coefficient (Wildman–Crippen LogP) is 14.4. The second-order valence-corrected chi connectivity index (χ2v) is 25.2.